The number of carbonyl (C=O) groups is 1. The van der Waals surface area contributed by atoms with Crippen LogP contribution in [0.2, 0.25) is 0 Å². The van der Waals surface area contributed by atoms with Crippen LogP contribution < -0.4 is 5.32 Å². The van der Waals surface area contributed by atoms with Gasteiger partial charge in [0.15, 0.2) is 5.82 Å². The second-order valence-corrected chi connectivity index (χ2v) is 8.81. The molecule has 0 spiro atoms. The molecule has 0 radical (unpaired) electrons. The van der Waals surface area contributed by atoms with Crippen LogP contribution in [0.25, 0.3) is 17.5 Å². The van der Waals surface area contributed by atoms with Gasteiger partial charge >= 0.3 is 0 Å². The fraction of sp³-hybridized carbons (Fsp3) is 0.269. The summed E-state index contributed by atoms with van der Waals surface area (Å²) < 4.78 is 3.84. The second-order valence-electron chi connectivity index (χ2n) is 8.81. The van der Waals surface area contributed by atoms with Gasteiger partial charge in [-0.2, -0.15) is 5.10 Å². The number of aryl methyl sites for hydroxylation is 2. The van der Waals surface area contributed by atoms with Crippen LogP contribution in [-0.4, -0.2) is 35.9 Å². The molecule has 0 unspecified atom stereocenters. The zero-order chi connectivity index (χ0) is 23.7. The summed E-state index contributed by atoms with van der Waals surface area (Å²) in [6.45, 7) is 6.76. The molecule has 8 nitrogen and oxygen atoms in total. The largest absolute Gasteiger partial charge is 0.322 e. The molecular weight excluding hydrogens is 426 g/mol. The van der Waals surface area contributed by atoms with Crippen molar-refractivity contribution in [3.8, 4) is 11.4 Å². The maximum absolute atomic E-state index is 12.7. The van der Waals surface area contributed by atoms with Crippen LogP contribution >= 0.6 is 0 Å². The molecule has 2 aromatic carbocycles. The van der Waals surface area contributed by atoms with Crippen molar-refractivity contribution in [2.45, 2.75) is 46.2 Å². The lowest BCUT2D eigenvalue weighted by molar-refractivity contribution is -0.111. The number of nitrogens with one attached hydrogen (secondary N) is 1. The Kier molecular flexibility index (Phi) is 5.79. The van der Waals surface area contributed by atoms with E-state index in [1.807, 2.05) is 53.6 Å². The summed E-state index contributed by atoms with van der Waals surface area (Å²) in [7, 11) is 0. The molecule has 172 valence electrons. The molecule has 4 aromatic rings. The first-order valence-corrected chi connectivity index (χ1v) is 11.4. The fourth-order valence-corrected chi connectivity index (χ4v) is 4.00. The number of aromatic nitrogens is 6. The maximum atomic E-state index is 12.7. The highest BCUT2D eigenvalue weighted by atomic mass is 16.1. The summed E-state index contributed by atoms with van der Waals surface area (Å²) >= 11 is 0. The van der Waals surface area contributed by atoms with Gasteiger partial charge in [0, 0.05) is 28.6 Å². The molecule has 5 rings (SSSR count). The van der Waals surface area contributed by atoms with E-state index in [1.54, 1.807) is 6.08 Å². The van der Waals surface area contributed by atoms with Crippen molar-refractivity contribution in [3.63, 3.8) is 0 Å². The third-order valence-corrected chi connectivity index (χ3v) is 6.07. The lowest BCUT2D eigenvalue weighted by Crippen LogP contribution is -2.08. The Labute approximate surface area is 198 Å². The van der Waals surface area contributed by atoms with Crippen LogP contribution in [-0.2, 0) is 11.3 Å². The molecular formula is C26H27N7O. The molecule has 34 heavy (non-hydrogen) atoms. The third-order valence-electron chi connectivity index (χ3n) is 6.07. The molecule has 8 heteroatoms. The molecule has 1 N–H and O–H groups in total. The molecule has 2 heterocycles. The van der Waals surface area contributed by atoms with Crippen LogP contribution in [0.1, 0.15) is 47.0 Å². The van der Waals surface area contributed by atoms with E-state index >= 15 is 0 Å². The SMILES string of the molecule is Cc1ccc(Cn2nc(C)c(/C=C/C(=O)Nc3cccc(-c4nnnn4C4CC4)c3)c2C)cc1. The number of carbonyl (C=O) groups excluding carboxylic acids is 1. The highest BCUT2D eigenvalue weighted by molar-refractivity contribution is 6.02. The van der Waals surface area contributed by atoms with E-state index in [0.717, 1.165) is 41.2 Å². The highest BCUT2D eigenvalue weighted by Gasteiger charge is 2.28. The van der Waals surface area contributed by atoms with Gasteiger partial charge in [-0.15, -0.1) is 5.10 Å². The van der Waals surface area contributed by atoms with E-state index in [-0.39, 0.29) is 5.91 Å². The minimum atomic E-state index is -0.205. The van der Waals surface area contributed by atoms with Gasteiger partial charge in [0.05, 0.1) is 18.3 Å². The van der Waals surface area contributed by atoms with Gasteiger partial charge in [-0.3, -0.25) is 9.48 Å². The van der Waals surface area contributed by atoms with E-state index in [0.29, 0.717) is 18.3 Å². The van der Waals surface area contributed by atoms with Crippen LogP contribution in [0.15, 0.2) is 54.6 Å². The first-order chi connectivity index (χ1) is 16.5. The molecule has 1 saturated carbocycles. The number of benzene rings is 2. The van der Waals surface area contributed by atoms with Crippen molar-refractivity contribution in [3.05, 3.63) is 82.7 Å². The minimum Gasteiger partial charge on any atom is -0.322 e. The Morgan fingerprint density at radius 2 is 1.91 bits per heavy atom. The molecule has 0 atom stereocenters. The number of rotatable bonds is 7. The summed E-state index contributed by atoms with van der Waals surface area (Å²) in [6.07, 6.45) is 5.57. The molecule has 0 saturated heterocycles. The Morgan fingerprint density at radius 3 is 2.68 bits per heavy atom. The Hall–Kier alpha value is -4.07. The molecule has 1 aliphatic carbocycles. The van der Waals surface area contributed by atoms with Gasteiger partial charge in [0.25, 0.3) is 0 Å². The van der Waals surface area contributed by atoms with Gasteiger partial charge in [-0.25, -0.2) is 4.68 Å². The summed E-state index contributed by atoms with van der Waals surface area (Å²) in [6, 6.07) is 16.4. The van der Waals surface area contributed by atoms with Gasteiger partial charge in [0.2, 0.25) is 5.91 Å². The van der Waals surface area contributed by atoms with Crippen molar-refractivity contribution in [2.24, 2.45) is 0 Å². The van der Waals surface area contributed by atoms with E-state index < -0.39 is 0 Å². The molecule has 2 aromatic heterocycles. The summed E-state index contributed by atoms with van der Waals surface area (Å²) in [4.78, 5) is 12.7. The second kappa shape index (κ2) is 9.05. The monoisotopic (exact) mass is 453 g/mol. The van der Waals surface area contributed by atoms with Crippen LogP contribution in [0.4, 0.5) is 5.69 Å². The predicted octanol–water partition coefficient (Wildman–Crippen LogP) is 4.50. The van der Waals surface area contributed by atoms with Crippen LogP contribution in [0.5, 0.6) is 0 Å². The maximum Gasteiger partial charge on any atom is 0.248 e. The summed E-state index contributed by atoms with van der Waals surface area (Å²) in [5, 5.41) is 19.7. The van der Waals surface area contributed by atoms with Gasteiger partial charge in [-0.1, -0.05) is 42.0 Å². The molecule has 0 aliphatic heterocycles. The molecule has 0 bridgehead atoms. The Balaban J connectivity index is 1.28. The van der Waals surface area contributed by atoms with E-state index in [9.17, 15) is 4.79 Å². The number of hydrogen-bond acceptors (Lipinski definition) is 5. The number of amides is 1. The molecule has 1 amide bonds. The Morgan fingerprint density at radius 1 is 1.12 bits per heavy atom. The van der Waals surface area contributed by atoms with Crippen LogP contribution in [0.3, 0.4) is 0 Å². The van der Waals surface area contributed by atoms with Gasteiger partial charge < -0.3 is 5.32 Å². The number of nitrogens with zero attached hydrogens (tertiary/aromatic N) is 6. The third kappa shape index (κ3) is 4.66. The van der Waals surface area contributed by atoms with Crippen LogP contribution in [0, 0.1) is 20.8 Å². The average molecular weight is 454 g/mol. The normalized spacial score (nSPS) is 13.5. The molecule has 1 fully saturated rings. The van der Waals surface area contributed by atoms with Gasteiger partial charge in [-0.05, 0) is 67.8 Å². The first kappa shape index (κ1) is 21.8. The summed E-state index contributed by atoms with van der Waals surface area (Å²) in [5.74, 6) is 0.519. The predicted molar refractivity (Wildman–Crippen MR) is 131 cm³/mol. The van der Waals surface area contributed by atoms with Gasteiger partial charge in [0.1, 0.15) is 0 Å². The smallest absolute Gasteiger partial charge is 0.248 e. The zero-order valence-electron chi connectivity index (χ0n) is 19.6. The van der Waals surface area contributed by atoms with Crippen molar-refractivity contribution in [1.29, 1.82) is 0 Å². The highest BCUT2D eigenvalue weighted by Crippen LogP contribution is 2.36. The number of hydrogen-bond donors (Lipinski definition) is 1. The topological polar surface area (TPSA) is 90.5 Å². The standard InChI is InChI=1S/C26H27N7O/c1-17-7-9-20(10-8-17)16-32-19(3)24(18(2)29-32)13-14-25(34)27-22-6-4-5-21(15-22)26-28-30-31-33(26)23-11-12-23/h4-10,13-15,23H,11-12,16H2,1-3H3,(H,27,34)/b14-13+. The first-order valence-electron chi connectivity index (χ1n) is 11.4. The average Bonchev–Trinajstić information content (AvgIpc) is 3.49. The van der Waals surface area contributed by atoms with Crippen molar-refractivity contribution in [1.82, 2.24) is 30.0 Å². The van der Waals surface area contributed by atoms with E-state index in [2.05, 4.69) is 57.1 Å². The van der Waals surface area contributed by atoms with Crippen molar-refractivity contribution in [2.75, 3.05) is 5.32 Å². The van der Waals surface area contributed by atoms with E-state index in [1.165, 1.54) is 11.1 Å². The quantitative estimate of drug-likeness (QED) is 0.416. The lowest BCUT2D eigenvalue weighted by Gasteiger charge is -2.06. The Bertz CT molecular complexity index is 1360. The van der Waals surface area contributed by atoms with Crippen molar-refractivity contribution >= 4 is 17.7 Å². The number of anilines is 1. The fourth-order valence-electron chi connectivity index (χ4n) is 4.00. The molecule has 1 aliphatic rings. The van der Waals surface area contributed by atoms with Crippen molar-refractivity contribution < 1.29 is 4.79 Å². The zero-order valence-corrected chi connectivity index (χ0v) is 19.6. The lowest BCUT2D eigenvalue weighted by atomic mass is 10.1. The minimum absolute atomic E-state index is 0.205. The number of tetrazole rings is 1. The van der Waals surface area contributed by atoms with E-state index in [4.69, 9.17) is 0 Å². The summed E-state index contributed by atoms with van der Waals surface area (Å²) in [5.41, 5.74) is 6.87.